The summed E-state index contributed by atoms with van der Waals surface area (Å²) in [6, 6.07) is 3.40. The highest BCUT2D eigenvalue weighted by atomic mass is 16.2. The lowest BCUT2D eigenvalue weighted by Gasteiger charge is -2.27. The maximum absolute atomic E-state index is 12.1. The summed E-state index contributed by atoms with van der Waals surface area (Å²) in [6.07, 6.45) is 6.55. The van der Waals surface area contributed by atoms with Gasteiger partial charge >= 0.3 is 0 Å². The van der Waals surface area contributed by atoms with Crippen molar-refractivity contribution in [3.8, 4) is 5.82 Å². The van der Waals surface area contributed by atoms with Crippen LogP contribution in [0.15, 0.2) is 37.1 Å². The van der Waals surface area contributed by atoms with Crippen molar-refractivity contribution in [2.24, 2.45) is 0 Å². The van der Waals surface area contributed by atoms with Crippen LogP contribution in [0.4, 0.5) is 0 Å². The molecule has 0 atom stereocenters. The summed E-state index contributed by atoms with van der Waals surface area (Å²) >= 11 is 0. The molecule has 120 valence electrons. The van der Waals surface area contributed by atoms with Crippen molar-refractivity contribution in [2.75, 3.05) is 32.7 Å². The van der Waals surface area contributed by atoms with E-state index in [9.17, 15) is 9.59 Å². The third-order valence-electron chi connectivity index (χ3n) is 3.65. The zero-order chi connectivity index (χ0) is 16.1. The molecule has 0 saturated carbocycles. The minimum absolute atomic E-state index is 0.00209. The quantitative estimate of drug-likeness (QED) is 0.788. The Labute approximate surface area is 133 Å². The summed E-state index contributed by atoms with van der Waals surface area (Å²) in [6.45, 7) is 2.94. The molecule has 2 N–H and O–H groups in total. The molecule has 23 heavy (non-hydrogen) atoms. The molecule has 2 aromatic heterocycles. The second-order valence-corrected chi connectivity index (χ2v) is 5.19. The normalized spacial score (nSPS) is 14.5. The average molecular weight is 314 g/mol. The molecule has 0 aromatic carbocycles. The molecule has 1 saturated heterocycles. The number of hydrogen-bond donors (Lipinski definition) is 2. The molecule has 1 aliphatic heterocycles. The first-order valence-corrected chi connectivity index (χ1v) is 7.45. The minimum atomic E-state index is -0.307. The zero-order valence-electron chi connectivity index (χ0n) is 12.6. The Hall–Kier alpha value is -2.74. The lowest BCUT2D eigenvalue weighted by Crippen LogP contribution is -2.49. The fourth-order valence-electron chi connectivity index (χ4n) is 2.35. The Morgan fingerprint density at radius 2 is 2.09 bits per heavy atom. The van der Waals surface area contributed by atoms with Crippen molar-refractivity contribution in [3.63, 3.8) is 0 Å². The van der Waals surface area contributed by atoms with E-state index >= 15 is 0 Å². The first kappa shape index (κ1) is 15.2. The molecule has 0 radical (unpaired) electrons. The van der Waals surface area contributed by atoms with E-state index < -0.39 is 0 Å². The Balaban J connectivity index is 1.54. The number of carbonyl (C=O) groups excluding carboxylic acids is 2. The van der Waals surface area contributed by atoms with Crippen LogP contribution in [-0.2, 0) is 4.79 Å². The van der Waals surface area contributed by atoms with Gasteiger partial charge in [-0.2, -0.15) is 0 Å². The predicted octanol–water partition coefficient (Wildman–Crippen LogP) is -0.571. The zero-order valence-corrected chi connectivity index (χ0v) is 12.6. The summed E-state index contributed by atoms with van der Waals surface area (Å²) in [7, 11) is 0. The van der Waals surface area contributed by atoms with Crippen molar-refractivity contribution in [1.82, 2.24) is 30.1 Å². The van der Waals surface area contributed by atoms with Crippen LogP contribution in [0.5, 0.6) is 0 Å². The Kier molecular flexibility index (Phi) is 4.62. The number of piperazine rings is 1. The van der Waals surface area contributed by atoms with Crippen LogP contribution in [0, 0.1) is 0 Å². The Morgan fingerprint density at radius 3 is 2.74 bits per heavy atom. The third kappa shape index (κ3) is 3.72. The van der Waals surface area contributed by atoms with Gasteiger partial charge in [0.25, 0.3) is 5.91 Å². The van der Waals surface area contributed by atoms with Gasteiger partial charge in [0, 0.05) is 44.8 Å². The molecule has 0 aliphatic carbocycles. The van der Waals surface area contributed by atoms with Gasteiger partial charge in [0.15, 0.2) is 0 Å². The molecule has 3 rings (SSSR count). The SMILES string of the molecule is O=C(NCC(=O)N1CCNCC1)c1ccc(-n2ccnc2)nc1. The second-order valence-electron chi connectivity index (χ2n) is 5.19. The highest BCUT2D eigenvalue weighted by Gasteiger charge is 2.17. The molecule has 8 heteroatoms. The van der Waals surface area contributed by atoms with Gasteiger partial charge in [-0.3, -0.25) is 14.2 Å². The summed E-state index contributed by atoms with van der Waals surface area (Å²) in [5.74, 6) is 0.303. The summed E-state index contributed by atoms with van der Waals surface area (Å²) in [5.41, 5.74) is 0.418. The molecule has 8 nitrogen and oxygen atoms in total. The van der Waals surface area contributed by atoms with E-state index in [1.165, 1.54) is 6.20 Å². The van der Waals surface area contributed by atoms with Crippen LogP contribution >= 0.6 is 0 Å². The fraction of sp³-hybridized carbons (Fsp3) is 0.333. The minimum Gasteiger partial charge on any atom is -0.343 e. The maximum Gasteiger partial charge on any atom is 0.253 e. The molecule has 0 unspecified atom stereocenters. The number of pyridine rings is 1. The molecular formula is C15H18N6O2. The Bertz CT molecular complexity index is 662. The van der Waals surface area contributed by atoms with Gasteiger partial charge in [0.1, 0.15) is 12.1 Å². The molecule has 1 fully saturated rings. The molecule has 2 aromatic rings. The number of imidazole rings is 1. The fourth-order valence-corrected chi connectivity index (χ4v) is 2.35. The molecule has 2 amide bonds. The average Bonchev–Trinajstić information content (AvgIpc) is 3.15. The largest absolute Gasteiger partial charge is 0.343 e. The maximum atomic E-state index is 12.1. The number of hydrogen-bond acceptors (Lipinski definition) is 5. The first-order valence-electron chi connectivity index (χ1n) is 7.45. The van der Waals surface area contributed by atoms with E-state index in [1.54, 1.807) is 40.3 Å². The molecule has 1 aliphatic rings. The van der Waals surface area contributed by atoms with Crippen LogP contribution in [0.2, 0.25) is 0 Å². The number of nitrogens with zero attached hydrogens (tertiary/aromatic N) is 4. The van der Waals surface area contributed by atoms with Gasteiger partial charge < -0.3 is 15.5 Å². The van der Waals surface area contributed by atoms with Crippen molar-refractivity contribution in [1.29, 1.82) is 0 Å². The van der Waals surface area contributed by atoms with Crippen molar-refractivity contribution >= 4 is 11.8 Å². The number of nitrogens with one attached hydrogen (secondary N) is 2. The van der Waals surface area contributed by atoms with E-state index in [1.807, 2.05) is 0 Å². The summed E-state index contributed by atoms with van der Waals surface area (Å²) in [5, 5.41) is 5.82. The standard InChI is InChI=1S/C15H18N6O2/c22-14(20-6-3-16-4-7-20)10-19-15(23)12-1-2-13(18-9-12)21-8-5-17-11-21/h1-2,5,8-9,11,16H,3-4,6-7,10H2,(H,19,23). The van der Waals surface area contributed by atoms with E-state index in [2.05, 4.69) is 20.6 Å². The smallest absolute Gasteiger partial charge is 0.253 e. The van der Waals surface area contributed by atoms with Crippen LogP contribution < -0.4 is 10.6 Å². The van der Waals surface area contributed by atoms with Crippen LogP contribution in [0.3, 0.4) is 0 Å². The summed E-state index contributed by atoms with van der Waals surface area (Å²) in [4.78, 5) is 34.0. The number of carbonyl (C=O) groups is 2. The third-order valence-corrected chi connectivity index (χ3v) is 3.65. The van der Waals surface area contributed by atoms with Gasteiger partial charge in [-0.15, -0.1) is 0 Å². The molecule has 0 spiro atoms. The topological polar surface area (TPSA) is 92.2 Å². The highest BCUT2D eigenvalue weighted by Crippen LogP contribution is 2.05. The van der Waals surface area contributed by atoms with Gasteiger partial charge in [0.2, 0.25) is 5.91 Å². The van der Waals surface area contributed by atoms with Crippen molar-refractivity contribution in [3.05, 3.63) is 42.6 Å². The van der Waals surface area contributed by atoms with E-state index in [4.69, 9.17) is 0 Å². The number of amides is 2. The first-order chi connectivity index (χ1) is 11.2. The van der Waals surface area contributed by atoms with Crippen LogP contribution in [0.1, 0.15) is 10.4 Å². The molecule has 0 bridgehead atoms. The predicted molar refractivity (Wildman–Crippen MR) is 83.1 cm³/mol. The highest BCUT2D eigenvalue weighted by molar-refractivity contribution is 5.96. The molecular weight excluding hydrogens is 296 g/mol. The monoisotopic (exact) mass is 314 g/mol. The van der Waals surface area contributed by atoms with E-state index in [-0.39, 0.29) is 18.4 Å². The van der Waals surface area contributed by atoms with Crippen LogP contribution in [0.25, 0.3) is 5.82 Å². The Morgan fingerprint density at radius 1 is 1.26 bits per heavy atom. The summed E-state index contributed by atoms with van der Waals surface area (Å²) < 4.78 is 1.75. The van der Waals surface area contributed by atoms with Gasteiger partial charge in [-0.25, -0.2) is 9.97 Å². The van der Waals surface area contributed by atoms with Crippen LogP contribution in [-0.4, -0.2) is 64.0 Å². The second kappa shape index (κ2) is 7.01. The molecule has 3 heterocycles. The van der Waals surface area contributed by atoms with Gasteiger partial charge in [0.05, 0.1) is 12.1 Å². The van der Waals surface area contributed by atoms with Crippen molar-refractivity contribution < 1.29 is 9.59 Å². The van der Waals surface area contributed by atoms with Gasteiger partial charge in [-0.05, 0) is 12.1 Å². The van der Waals surface area contributed by atoms with E-state index in [0.717, 1.165) is 13.1 Å². The van der Waals surface area contributed by atoms with Crippen molar-refractivity contribution in [2.45, 2.75) is 0 Å². The van der Waals surface area contributed by atoms with E-state index in [0.29, 0.717) is 24.5 Å². The number of rotatable bonds is 4. The van der Waals surface area contributed by atoms with Gasteiger partial charge in [-0.1, -0.05) is 0 Å². The lowest BCUT2D eigenvalue weighted by molar-refractivity contribution is -0.130. The lowest BCUT2D eigenvalue weighted by atomic mass is 10.2. The number of aromatic nitrogens is 3.